The third-order valence-electron chi connectivity index (χ3n) is 2.98. The van der Waals surface area contributed by atoms with Crippen molar-refractivity contribution in [2.75, 3.05) is 6.61 Å². The summed E-state index contributed by atoms with van der Waals surface area (Å²) in [6, 6.07) is 5.64. The van der Waals surface area contributed by atoms with Crippen LogP contribution >= 0.6 is 0 Å². The predicted octanol–water partition coefficient (Wildman–Crippen LogP) is 2.42. The average Bonchev–Trinajstić information content (AvgIpc) is 2.46. The van der Waals surface area contributed by atoms with Gasteiger partial charge in [0.05, 0.1) is 18.2 Å². The third-order valence-corrected chi connectivity index (χ3v) is 2.98. The number of nitrogens with one attached hydrogen (secondary N) is 2. The zero-order valence-electron chi connectivity index (χ0n) is 11.5. The molecule has 0 aromatic heterocycles. The molecule has 1 heterocycles. The van der Waals surface area contributed by atoms with Crippen molar-refractivity contribution in [1.82, 2.24) is 10.6 Å². The molecular formula is C14H13F3N2O3. The molecule has 0 bridgehead atoms. The van der Waals surface area contributed by atoms with Crippen LogP contribution in [0.25, 0.3) is 0 Å². The van der Waals surface area contributed by atoms with Gasteiger partial charge in [0.25, 0.3) is 0 Å². The quantitative estimate of drug-likeness (QED) is 0.842. The number of carbonyl (C=O) groups excluding carboxylic acids is 2. The van der Waals surface area contributed by atoms with Gasteiger partial charge in [0.1, 0.15) is 5.70 Å². The normalized spacial score (nSPS) is 18.5. The number of alkyl halides is 3. The van der Waals surface area contributed by atoms with E-state index in [0.717, 1.165) is 0 Å². The second-order valence-electron chi connectivity index (χ2n) is 4.45. The van der Waals surface area contributed by atoms with Crippen molar-refractivity contribution in [3.8, 4) is 0 Å². The van der Waals surface area contributed by atoms with E-state index in [2.05, 4.69) is 5.32 Å². The number of carbonyl (C=O) groups is 2. The Balaban J connectivity index is 2.59. The molecule has 8 heteroatoms. The molecule has 5 nitrogen and oxygen atoms in total. The highest BCUT2D eigenvalue weighted by molar-refractivity contribution is 5.95. The van der Waals surface area contributed by atoms with Crippen LogP contribution in [0.3, 0.4) is 0 Å². The molecule has 0 saturated heterocycles. The summed E-state index contributed by atoms with van der Waals surface area (Å²) in [5.74, 6) is -1.13. The largest absolute Gasteiger partial charge is 0.463 e. The standard InChI is InChI=1S/C14H13F3N2O3/c1-2-22-12(20)9-10(8-6-4-3-5-7-8)18-13(21)19-11(9)14(15,16)17/h3-7,10H,2H2,1H3,(H2,18,19,21)/t10-/m1/s1. The smallest absolute Gasteiger partial charge is 0.432 e. The number of halogens is 3. The number of rotatable bonds is 3. The number of allylic oxidation sites excluding steroid dienone is 1. The highest BCUT2D eigenvalue weighted by Gasteiger charge is 2.45. The molecular weight excluding hydrogens is 301 g/mol. The molecule has 1 aliphatic rings. The zero-order valence-corrected chi connectivity index (χ0v) is 11.5. The number of hydrogen-bond donors (Lipinski definition) is 2. The molecule has 1 aliphatic heterocycles. The molecule has 0 saturated carbocycles. The number of esters is 1. The lowest BCUT2D eigenvalue weighted by molar-refractivity contribution is -0.140. The van der Waals surface area contributed by atoms with Crippen LogP contribution in [-0.2, 0) is 9.53 Å². The minimum Gasteiger partial charge on any atom is -0.463 e. The Hall–Kier alpha value is -2.51. The highest BCUT2D eigenvalue weighted by atomic mass is 19.4. The molecule has 0 fully saturated rings. The lowest BCUT2D eigenvalue weighted by atomic mass is 9.95. The molecule has 0 aliphatic carbocycles. The highest BCUT2D eigenvalue weighted by Crippen LogP contribution is 2.35. The lowest BCUT2D eigenvalue weighted by Gasteiger charge is -2.30. The minimum atomic E-state index is -4.88. The lowest BCUT2D eigenvalue weighted by Crippen LogP contribution is -2.49. The minimum absolute atomic E-state index is 0.0804. The van der Waals surface area contributed by atoms with Crippen molar-refractivity contribution in [3.05, 3.63) is 47.2 Å². The van der Waals surface area contributed by atoms with Crippen molar-refractivity contribution >= 4 is 12.0 Å². The van der Waals surface area contributed by atoms with Crippen molar-refractivity contribution < 1.29 is 27.5 Å². The fourth-order valence-corrected chi connectivity index (χ4v) is 2.11. The SMILES string of the molecule is CCOC(=O)C1=C(C(F)(F)F)NC(=O)N[C@@H]1c1ccccc1. The van der Waals surface area contributed by atoms with E-state index < -0.39 is 35.5 Å². The van der Waals surface area contributed by atoms with Gasteiger partial charge in [0.2, 0.25) is 0 Å². The molecule has 2 rings (SSSR count). The Bertz CT molecular complexity index is 612. The monoisotopic (exact) mass is 314 g/mol. The number of benzene rings is 1. The number of hydrogen-bond acceptors (Lipinski definition) is 3. The van der Waals surface area contributed by atoms with Gasteiger partial charge in [-0.15, -0.1) is 0 Å². The number of urea groups is 1. The molecule has 0 unspecified atom stereocenters. The van der Waals surface area contributed by atoms with E-state index in [-0.39, 0.29) is 6.61 Å². The Morgan fingerprint density at radius 1 is 1.27 bits per heavy atom. The first-order valence-corrected chi connectivity index (χ1v) is 6.45. The molecule has 22 heavy (non-hydrogen) atoms. The third kappa shape index (κ3) is 3.21. The Morgan fingerprint density at radius 3 is 2.45 bits per heavy atom. The number of ether oxygens (including phenoxy) is 1. The first-order valence-electron chi connectivity index (χ1n) is 6.45. The van der Waals surface area contributed by atoms with Gasteiger partial charge in [-0.05, 0) is 12.5 Å². The molecule has 118 valence electrons. The van der Waals surface area contributed by atoms with Crippen LogP contribution in [-0.4, -0.2) is 24.8 Å². The first-order chi connectivity index (χ1) is 10.3. The zero-order chi connectivity index (χ0) is 16.3. The molecule has 2 amide bonds. The van der Waals surface area contributed by atoms with Gasteiger partial charge in [-0.2, -0.15) is 13.2 Å². The van der Waals surface area contributed by atoms with Gasteiger partial charge < -0.3 is 15.4 Å². The van der Waals surface area contributed by atoms with Gasteiger partial charge in [-0.25, -0.2) is 9.59 Å². The van der Waals surface area contributed by atoms with Gasteiger partial charge >= 0.3 is 18.2 Å². The summed E-state index contributed by atoms with van der Waals surface area (Å²) in [6.07, 6.45) is -4.88. The average molecular weight is 314 g/mol. The van der Waals surface area contributed by atoms with Crippen molar-refractivity contribution in [3.63, 3.8) is 0 Å². The van der Waals surface area contributed by atoms with Crippen LogP contribution in [0.5, 0.6) is 0 Å². The van der Waals surface area contributed by atoms with Gasteiger partial charge in [0, 0.05) is 0 Å². The fourth-order valence-electron chi connectivity index (χ4n) is 2.11. The predicted molar refractivity (Wildman–Crippen MR) is 70.6 cm³/mol. The Labute approximate surface area is 124 Å². The van der Waals surface area contributed by atoms with Crippen molar-refractivity contribution in [2.45, 2.75) is 19.1 Å². The summed E-state index contributed by atoms with van der Waals surface area (Å²) in [7, 11) is 0. The van der Waals surface area contributed by atoms with E-state index in [1.807, 2.05) is 0 Å². The molecule has 0 radical (unpaired) electrons. The molecule has 1 atom stereocenters. The molecule has 2 N–H and O–H groups in total. The molecule has 1 aromatic carbocycles. The number of amides is 2. The van der Waals surface area contributed by atoms with E-state index in [0.29, 0.717) is 5.56 Å². The van der Waals surface area contributed by atoms with Crippen LogP contribution in [0.15, 0.2) is 41.6 Å². The second-order valence-corrected chi connectivity index (χ2v) is 4.45. The van der Waals surface area contributed by atoms with Gasteiger partial charge in [-0.3, -0.25) is 0 Å². The Kier molecular flexibility index (Phi) is 4.39. The van der Waals surface area contributed by atoms with Gasteiger partial charge in [-0.1, -0.05) is 30.3 Å². The van der Waals surface area contributed by atoms with Crippen LogP contribution in [0.2, 0.25) is 0 Å². The fraction of sp³-hybridized carbons (Fsp3) is 0.286. The maximum Gasteiger partial charge on any atom is 0.432 e. The summed E-state index contributed by atoms with van der Waals surface area (Å²) >= 11 is 0. The van der Waals surface area contributed by atoms with E-state index >= 15 is 0 Å². The van der Waals surface area contributed by atoms with E-state index in [4.69, 9.17) is 4.74 Å². The maximum absolute atomic E-state index is 13.1. The van der Waals surface area contributed by atoms with E-state index in [1.54, 1.807) is 23.5 Å². The maximum atomic E-state index is 13.1. The second kappa shape index (κ2) is 6.08. The summed E-state index contributed by atoms with van der Waals surface area (Å²) in [5, 5.41) is 3.96. The topological polar surface area (TPSA) is 67.4 Å². The molecule has 0 spiro atoms. The van der Waals surface area contributed by atoms with Crippen molar-refractivity contribution in [2.24, 2.45) is 0 Å². The summed E-state index contributed by atoms with van der Waals surface area (Å²) in [4.78, 5) is 23.5. The van der Waals surface area contributed by atoms with Crippen LogP contribution in [0, 0.1) is 0 Å². The first kappa shape index (κ1) is 15.9. The van der Waals surface area contributed by atoms with Gasteiger partial charge in [0.15, 0.2) is 0 Å². The van der Waals surface area contributed by atoms with Crippen molar-refractivity contribution in [1.29, 1.82) is 0 Å². The van der Waals surface area contributed by atoms with E-state index in [1.165, 1.54) is 19.1 Å². The summed E-state index contributed by atoms with van der Waals surface area (Å²) in [6.45, 7) is 1.40. The van der Waals surface area contributed by atoms with Crippen LogP contribution in [0.1, 0.15) is 18.5 Å². The Morgan fingerprint density at radius 2 is 1.91 bits per heavy atom. The van der Waals surface area contributed by atoms with Crippen LogP contribution < -0.4 is 10.6 Å². The summed E-state index contributed by atoms with van der Waals surface area (Å²) < 4.78 is 44.1. The van der Waals surface area contributed by atoms with E-state index in [9.17, 15) is 22.8 Å². The summed E-state index contributed by atoms with van der Waals surface area (Å²) in [5.41, 5.74) is -1.72. The van der Waals surface area contributed by atoms with Crippen LogP contribution in [0.4, 0.5) is 18.0 Å². The molecule has 1 aromatic rings.